The molecule has 2 aliphatic rings. The quantitative estimate of drug-likeness (QED) is 0.338. The fraction of sp³-hybridized carbons (Fsp3) is 0.812. The number of hydrogen-bond donors (Lipinski definition) is 0. The van der Waals surface area contributed by atoms with Crippen molar-refractivity contribution < 1.29 is 14.5 Å². The highest BCUT2D eigenvalue weighted by atomic mass is 16.6. The Balaban J connectivity index is 2.23. The number of nitro groups is 1. The van der Waals surface area contributed by atoms with E-state index in [1.165, 1.54) is 5.57 Å². The Kier molecular flexibility index (Phi) is 4.40. The summed E-state index contributed by atoms with van der Waals surface area (Å²) in [5.41, 5.74) is 0.658. The van der Waals surface area contributed by atoms with E-state index in [9.17, 15) is 14.9 Å². The number of fused-ring (bicyclic) bond motifs is 1. The van der Waals surface area contributed by atoms with Gasteiger partial charge in [0.1, 0.15) is 0 Å². The van der Waals surface area contributed by atoms with Crippen LogP contribution < -0.4 is 0 Å². The predicted molar refractivity (Wildman–Crippen MR) is 79.2 cm³/mol. The summed E-state index contributed by atoms with van der Waals surface area (Å²) in [5.74, 6) is 0.806. The summed E-state index contributed by atoms with van der Waals surface area (Å²) in [6.45, 7) is 10.3. The summed E-state index contributed by atoms with van der Waals surface area (Å²) < 4.78 is 5.05. The van der Waals surface area contributed by atoms with Gasteiger partial charge in [-0.3, -0.25) is 14.9 Å². The summed E-state index contributed by atoms with van der Waals surface area (Å²) in [7, 11) is 0. The van der Waals surface area contributed by atoms with Crippen LogP contribution in [-0.4, -0.2) is 24.0 Å². The first kappa shape index (κ1) is 16.0. The summed E-state index contributed by atoms with van der Waals surface area (Å²) >= 11 is 0. The fourth-order valence-electron chi connectivity index (χ4n) is 4.60. The molecule has 2 rings (SSSR count). The predicted octanol–water partition coefficient (Wildman–Crippen LogP) is 3.07. The summed E-state index contributed by atoms with van der Waals surface area (Å²) in [6, 6.07) is 0. The van der Waals surface area contributed by atoms with Crippen molar-refractivity contribution in [3.05, 3.63) is 22.3 Å². The summed E-state index contributed by atoms with van der Waals surface area (Å²) in [5, 5.41) is 11.1. The number of carbonyl (C=O) groups is 1. The molecule has 0 aromatic rings. The van der Waals surface area contributed by atoms with Crippen LogP contribution in [-0.2, 0) is 9.53 Å². The average molecular weight is 295 g/mol. The molecule has 0 aliphatic heterocycles. The topological polar surface area (TPSA) is 69.4 Å². The van der Waals surface area contributed by atoms with Crippen molar-refractivity contribution in [3.8, 4) is 0 Å². The maximum Gasteiger partial charge on any atom is 0.306 e. The van der Waals surface area contributed by atoms with E-state index in [2.05, 4.69) is 13.5 Å². The molecule has 0 unspecified atom stereocenters. The minimum absolute atomic E-state index is 0.118. The highest BCUT2D eigenvalue weighted by Crippen LogP contribution is 2.65. The second kappa shape index (κ2) is 5.78. The first-order chi connectivity index (χ1) is 9.83. The van der Waals surface area contributed by atoms with Crippen LogP contribution in [0.15, 0.2) is 12.2 Å². The smallest absolute Gasteiger partial charge is 0.306 e. The van der Waals surface area contributed by atoms with Gasteiger partial charge in [0.25, 0.3) is 0 Å². The van der Waals surface area contributed by atoms with Gasteiger partial charge in [-0.05, 0) is 43.4 Å². The van der Waals surface area contributed by atoms with E-state index >= 15 is 0 Å². The van der Waals surface area contributed by atoms with Crippen molar-refractivity contribution in [2.75, 3.05) is 13.2 Å². The number of nitrogens with zero attached hydrogens (tertiary/aromatic N) is 1. The molecule has 2 saturated carbocycles. The van der Waals surface area contributed by atoms with Gasteiger partial charge in [0.05, 0.1) is 18.4 Å². The Morgan fingerprint density at radius 3 is 2.71 bits per heavy atom. The normalized spacial score (nSPS) is 38.3. The van der Waals surface area contributed by atoms with Crippen molar-refractivity contribution >= 4 is 5.97 Å². The van der Waals surface area contributed by atoms with Gasteiger partial charge in [-0.15, -0.1) is 0 Å². The molecule has 5 heteroatoms. The third-order valence-corrected chi connectivity index (χ3v) is 5.79. The van der Waals surface area contributed by atoms with Crippen LogP contribution in [0.25, 0.3) is 0 Å². The molecular weight excluding hydrogens is 270 g/mol. The molecule has 118 valence electrons. The van der Waals surface area contributed by atoms with Crippen LogP contribution in [0.1, 0.15) is 40.0 Å². The van der Waals surface area contributed by atoms with Crippen molar-refractivity contribution in [3.63, 3.8) is 0 Å². The highest BCUT2D eigenvalue weighted by molar-refractivity contribution is 5.70. The Morgan fingerprint density at radius 1 is 1.48 bits per heavy atom. The van der Waals surface area contributed by atoms with Gasteiger partial charge in [-0.25, -0.2) is 0 Å². The zero-order valence-electron chi connectivity index (χ0n) is 13.1. The molecule has 2 aliphatic carbocycles. The second-order valence-corrected chi connectivity index (χ2v) is 6.68. The van der Waals surface area contributed by atoms with Crippen molar-refractivity contribution in [1.82, 2.24) is 0 Å². The average Bonchev–Trinajstić information content (AvgIpc) is 2.40. The Hall–Kier alpha value is -1.39. The number of ether oxygens (including phenoxy) is 1. The molecular formula is C16H25NO4. The molecule has 0 radical (unpaired) electrons. The minimum Gasteiger partial charge on any atom is -0.466 e. The molecule has 0 bridgehead atoms. The molecule has 5 nitrogen and oxygen atoms in total. The number of allylic oxidation sites excluding steroid dienone is 1. The van der Waals surface area contributed by atoms with Gasteiger partial charge in [0, 0.05) is 4.92 Å². The maximum atomic E-state index is 11.9. The molecule has 0 N–H and O–H groups in total. The molecule has 0 aromatic carbocycles. The van der Waals surface area contributed by atoms with E-state index in [0.717, 1.165) is 12.8 Å². The van der Waals surface area contributed by atoms with Gasteiger partial charge >= 0.3 is 5.97 Å². The first-order valence-corrected chi connectivity index (χ1v) is 7.79. The van der Waals surface area contributed by atoms with Crippen molar-refractivity contribution in [2.45, 2.75) is 40.0 Å². The Bertz CT molecular complexity index is 461. The number of hydrogen-bond acceptors (Lipinski definition) is 4. The largest absolute Gasteiger partial charge is 0.466 e. The van der Waals surface area contributed by atoms with Crippen LogP contribution in [0.5, 0.6) is 0 Å². The lowest BCUT2D eigenvalue weighted by atomic mass is 9.41. The SMILES string of the molecule is C=C1[C@H]2[C@@H](C)[C@](CC(=O)OCC)(C[N+](=O)[O-])[C@H]2CC[C@H]1C. The highest BCUT2D eigenvalue weighted by Gasteiger charge is 2.64. The van der Waals surface area contributed by atoms with Crippen molar-refractivity contribution in [2.24, 2.45) is 29.1 Å². The lowest BCUT2D eigenvalue weighted by Gasteiger charge is -2.62. The van der Waals surface area contributed by atoms with Crippen molar-refractivity contribution in [1.29, 1.82) is 0 Å². The zero-order valence-corrected chi connectivity index (χ0v) is 13.1. The van der Waals surface area contributed by atoms with E-state index in [-0.39, 0.29) is 35.7 Å². The number of carbonyl (C=O) groups excluding carboxylic acids is 1. The summed E-state index contributed by atoms with van der Waals surface area (Å²) in [6.07, 6.45) is 2.11. The third kappa shape index (κ3) is 2.58. The molecule has 0 amide bonds. The van der Waals surface area contributed by atoms with Gasteiger partial charge in [0.15, 0.2) is 0 Å². The molecule has 2 fully saturated rings. The Labute approximate surface area is 125 Å². The van der Waals surface area contributed by atoms with Crippen LogP contribution in [0.4, 0.5) is 0 Å². The van der Waals surface area contributed by atoms with E-state index in [0.29, 0.717) is 18.4 Å². The van der Waals surface area contributed by atoms with Crippen LogP contribution in [0.3, 0.4) is 0 Å². The standard InChI is InChI=1S/C16H25NO4/c1-5-21-14(18)8-16(9-17(19)20)12(4)15-11(3)10(2)6-7-13(15)16/h10,12-13,15H,3,5-9H2,1-2,4H3/t10-,12-,13+,15+,16+/m1/s1. The monoisotopic (exact) mass is 295 g/mol. The minimum atomic E-state index is -0.552. The van der Waals surface area contributed by atoms with E-state index in [1.54, 1.807) is 6.92 Å². The van der Waals surface area contributed by atoms with Crippen LogP contribution >= 0.6 is 0 Å². The second-order valence-electron chi connectivity index (χ2n) is 6.68. The Morgan fingerprint density at radius 2 is 2.14 bits per heavy atom. The molecule has 0 heterocycles. The maximum absolute atomic E-state index is 11.9. The van der Waals surface area contributed by atoms with Crippen LogP contribution in [0.2, 0.25) is 0 Å². The lowest BCUT2D eigenvalue weighted by Crippen LogP contribution is -2.62. The van der Waals surface area contributed by atoms with Gasteiger partial charge in [0.2, 0.25) is 6.54 Å². The van der Waals surface area contributed by atoms with E-state index < -0.39 is 5.41 Å². The molecule has 0 spiro atoms. The van der Waals surface area contributed by atoms with E-state index in [1.807, 2.05) is 6.92 Å². The number of rotatable bonds is 5. The van der Waals surface area contributed by atoms with Gasteiger partial charge < -0.3 is 4.74 Å². The molecule has 21 heavy (non-hydrogen) atoms. The molecule has 0 saturated heterocycles. The third-order valence-electron chi connectivity index (χ3n) is 5.79. The molecule has 5 atom stereocenters. The van der Waals surface area contributed by atoms with E-state index in [4.69, 9.17) is 4.74 Å². The lowest BCUT2D eigenvalue weighted by molar-refractivity contribution is -0.512. The fourth-order valence-corrected chi connectivity index (χ4v) is 4.60. The van der Waals surface area contributed by atoms with Gasteiger partial charge in [-0.2, -0.15) is 0 Å². The van der Waals surface area contributed by atoms with Gasteiger partial charge in [-0.1, -0.05) is 26.0 Å². The number of esters is 1. The van der Waals surface area contributed by atoms with Crippen LogP contribution in [0, 0.1) is 39.2 Å². The first-order valence-electron chi connectivity index (χ1n) is 7.79. The molecule has 0 aromatic heterocycles. The zero-order chi connectivity index (χ0) is 15.8. The summed E-state index contributed by atoms with van der Waals surface area (Å²) in [4.78, 5) is 22.8.